The maximum absolute atomic E-state index is 13.4. The number of hydrogen-bond acceptors (Lipinski definition) is 6. The first kappa shape index (κ1) is 26.6. The predicted octanol–water partition coefficient (Wildman–Crippen LogP) is 4.25. The number of hydrogen-bond donors (Lipinski definition) is 0. The molecule has 38 heavy (non-hydrogen) atoms. The molecule has 10 heteroatoms. The second kappa shape index (κ2) is 11.4. The van der Waals surface area contributed by atoms with Crippen molar-refractivity contribution in [2.24, 2.45) is 5.92 Å². The Labute approximate surface area is 229 Å². The van der Waals surface area contributed by atoms with Crippen LogP contribution in [0.5, 0.6) is 0 Å². The number of anilines is 1. The van der Waals surface area contributed by atoms with Crippen molar-refractivity contribution >= 4 is 33.3 Å². The van der Waals surface area contributed by atoms with Crippen molar-refractivity contribution in [3.63, 3.8) is 0 Å². The quantitative estimate of drug-likeness (QED) is 0.414. The molecule has 1 aromatic heterocycles. The van der Waals surface area contributed by atoms with E-state index >= 15 is 0 Å². The molecule has 0 radical (unpaired) electrons. The Bertz CT molecular complexity index is 1380. The molecule has 0 spiro atoms. The minimum Gasteiger partial charge on any atom is -0.353 e. The first-order chi connectivity index (χ1) is 18.3. The van der Waals surface area contributed by atoms with Crippen LogP contribution in [0.4, 0.5) is 5.82 Å². The van der Waals surface area contributed by atoms with E-state index < -0.39 is 10.0 Å². The van der Waals surface area contributed by atoms with Gasteiger partial charge in [-0.3, -0.25) is 4.79 Å². The van der Waals surface area contributed by atoms with Crippen molar-refractivity contribution in [1.82, 2.24) is 19.4 Å². The minimum absolute atomic E-state index is 0.140. The molecule has 2 fully saturated rings. The van der Waals surface area contributed by atoms with Crippen LogP contribution < -0.4 is 4.90 Å². The van der Waals surface area contributed by atoms with Crippen LogP contribution in [0, 0.1) is 12.8 Å². The molecule has 1 aliphatic carbocycles. The molecule has 0 atom stereocenters. The van der Waals surface area contributed by atoms with Gasteiger partial charge in [-0.05, 0) is 62.4 Å². The third kappa shape index (κ3) is 6.17. The Morgan fingerprint density at radius 2 is 1.74 bits per heavy atom. The molecular formula is C28H32ClN5O3S. The van der Waals surface area contributed by atoms with Crippen molar-refractivity contribution < 1.29 is 13.2 Å². The van der Waals surface area contributed by atoms with Gasteiger partial charge in [-0.25, -0.2) is 8.42 Å². The number of carbonyl (C=O) groups excluding carboxylic acids is 1. The van der Waals surface area contributed by atoms with E-state index in [0.29, 0.717) is 42.8 Å². The molecule has 3 aromatic rings. The summed E-state index contributed by atoms with van der Waals surface area (Å²) in [4.78, 5) is 17.5. The fourth-order valence-electron chi connectivity index (χ4n) is 4.65. The van der Waals surface area contributed by atoms with Crippen LogP contribution in [0.2, 0.25) is 5.02 Å². The summed E-state index contributed by atoms with van der Waals surface area (Å²) in [6.07, 6.45) is 2.76. The van der Waals surface area contributed by atoms with Gasteiger partial charge >= 0.3 is 0 Å². The van der Waals surface area contributed by atoms with E-state index in [9.17, 15) is 13.2 Å². The molecule has 1 aliphatic heterocycles. The Balaban J connectivity index is 1.24. The average Bonchev–Trinajstić information content (AvgIpc) is 3.76. The molecule has 2 aliphatic rings. The molecule has 1 amide bonds. The molecule has 200 valence electrons. The van der Waals surface area contributed by atoms with E-state index in [0.717, 1.165) is 42.8 Å². The van der Waals surface area contributed by atoms with Crippen molar-refractivity contribution in [2.45, 2.75) is 31.1 Å². The third-order valence-electron chi connectivity index (χ3n) is 7.10. The highest BCUT2D eigenvalue weighted by atomic mass is 35.5. The number of carbonyl (C=O) groups is 1. The largest absolute Gasteiger partial charge is 0.353 e. The maximum Gasteiger partial charge on any atom is 0.243 e. The highest BCUT2D eigenvalue weighted by Crippen LogP contribution is 2.32. The van der Waals surface area contributed by atoms with Gasteiger partial charge in [0.05, 0.1) is 22.2 Å². The first-order valence-corrected chi connectivity index (χ1v) is 14.8. The van der Waals surface area contributed by atoms with E-state index in [2.05, 4.69) is 15.1 Å². The van der Waals surface area contributed by atoms with Crippen LogP contribution in [0.3, 0.4) is 0 Å². The molecule has 8 nitrogen and oxygen atoms in total. The van der Waals surface area contributed by atoms with Gasteiger partial charge in [0.2, 0.25) is 15.9 Å². The number of aromatic nitrogens is 2. The Kier molecular flexibility index (Phi) is 7.97. The molecular weight excluding hydrogens is 522 g/mol. The summed E-state index contributed by atoms with van der Waals surface area (Å²) in [6, 6.07) is 18.2. The monoisotopic (exact) mass is 553 g/mol. The molecule has 0 N–H and O–H groups in total. The van der Waals surface area contributed by atoms with Gasteiger partial charge in [-0.15, -0.1) is 10.2 Å². The number of aryl methyl sites for hydroxylation is 1. The zero-order chi connectivity index (χ0) is 26.7. The number of halogens is 1. The van der Waals surface area contributed by atoms with E-state index in [1.807, 2.05) is 43.3 Å². The number of benzene rings is 2. The van der Waals surface area contributed by atoms with Crippen LogP contribution in [0.25, 0.3) is 11.3 Å². The average molecular weight is 554 g/mol. The Morgan fingerprint density at radius 3 is 2.42 bits per heavy atom. The van der Waals surface area contributed by atoms with Crippen molar-refractivity contribution in [3.05, 3.63) is 71.2 Å². The summed E-state index contributed by atoms with van der Waals surface area (Å²) in [6.45, 7) is 4.56. The van der Waals surface area contributed by atoms with Crippen molar-refractivity contribution in [3.8, 4) is 11.3 Å². The van der Waals surface area contributed by atoms with Gasteiger partial charge in [0.1, 0.15) is 0 Å². The molecule has 2 heterocycles. The van der Waals surface area contributed by atoms with E-state index in [1.54, 1.807) is 29.2 Å². The predicted molar refractivity (Wildman–Crippen MR) is 149 cm³/mol. The standard InChI is InChI=1S/C28H32ClN5O3S/c1-21-7-11-23(12-8-21)38(36,37)34(19-22-9-10-22)20-28(35)33-16-4-15-32(17-18-33)27-14-13-26(30-31-27)24-5-2-3-6-25(24)29/h2-3,5-8,11-14,22H,4,9-10,15-20H2,1H3. The molecule has 5 rings (SSSR count). The normalized spacial score (nSPS) is 16.5. The minimum atomic E-state index is -3.75. The lowest BCUT2D eigenvalue weighted by Gasteiger charge is -2.27. The van der Waals surface area contributed by atoms with E-state index in [-0.39, 0.29) is 17.3 Å². The fourth-order valence-corrected chi connectivity index (χ4v) is 6.35. The molecule has 2 aromatic carbocycles. The lowest BCUT2D eigenvalue weighted by molar-refractivity contribution is -0.131. The number of nitrogens with zero attached hydrogens (tertiary/aromatic N) is 5. The van der Waals surface area contributed by atoms with Crippen LogP contribution in [0.15, 0.2) is 65.6 Å². The molecule has 0 unspecified atom stereocenters. The topological polar surface area (TPSA) is 86.7 Å². The zero-order valence-corrected chi connectivity index (χ0v) is 23.0. The van der Waals surface area contributed by atoms with E-state index in [4.69, 9.17) is 11.6 Å². The summed E-state index contributed by atoms with van der Waals surface area (Å²) in [5.41, 5.74) is 2.53. The highest BCUT2D eigenvalue weighted by molar-refractivity contribution is 7.89. The highest BCUT2D eigenvalue weighted by Gasteiger charge is 2.34. The summed E-state index contributed by atoms with van der Waals surface area (Å²) >= 11 is 6.29. The number of sulfonamides is 1. The summed E-state index contributed by atoms with van der Waals surface area (Å²) in [7, 11) is -3.75. The summed E-state index contributed by atoms with van der Waals surface area (Å²) in [5, 5.41) is 9.42. The van der Waals surface area contributed by atoms with Crippen LogP contribution in [-0.2, 0) is 14.8 Å². The summed E-state index contributed by atoms with van der Waals surface area (Å²) in [5.74, 6) is 0.908. The Morgan fingerprint density at radius 1 is 0.974 bits per heavy atom. The van der Waals surface area contributed by atoms with Crippen LogP contribution in [-0.4, -0.2) is 73.0 Å². The maximum atomic E-state index is 13.4. The van der Waals surface area contributed by atoms with E-state index in [1.165, 1.54) is 4.31 Å². The first-order valence-electron chi connectivity index (χ1n) is 13.0. The SMILES string of the molecule is Cc1ccc(S(=O)(=O)N(CC(=O)N2CCCN(c3ccc(-c4ccccc4Cl)nn3)CC2)CC2CC2)cc1. The zero-order valence-electron chi connectivity index (χ0n) is 21.5. The van der Waals surface area contributed by atoms with Crippen molar-refractivity contribution in [2.75, 3.05) is 44.2 Å². The smallest absolute Gasteiger partial charge is 0.243 e. The van der Waals surface area contributed by atoms with Gasteiger partial charge in [-0.2, -0.15) is 4.31 Å². The van der Waals surface area contributed by atoms with Gasteiger partial charge < -0.3 is 9.80 Å². The van der Waals surface area contributed by atoms with Crippen molar-refractivity contribution in [1.29, 1.82) is 0 Å². The fraction of sp³-hybridized carbons (Fsp3) is 0.393. The second-order valence-corrected chi connectivity index (χ2v) is 12.4. The van der Waals surface area contributed by atoms with Gasteiger partial charge in [-0.1, -0.05) is 47.5 Å². The second-order valence-electron chi connectivity index (χ2n) is 10.0. The number of amides is 1. The lowest BCUT2D eigenvalue weighted by Crippen LogP contribution is -2.44. The summed E-state index contributed by atoms with van der Waals surface area (Å²) < 4.78 is 28.2. The van der Waals surface area contributed by atoms with Crippen LogP contribution >= 0.6 is 11.6 Å². The Hall–Kier alpha value is -3.01. The van der Waals surface area contributed by atoms with Gasteiger partial charge in [0, 0.05) is 38.3 Å². The van der Waals surface area contributed by atoms with Crippen LogP contribution in [0.1, 0.15) is 24.8 Å². The number of rotatable bonds is 8. The third-order valence-corrected chi connectivity index (χ3v) is 9.26. The molecule has 0 bridgehead atoms. The van der Waals surface area contributed by atoms with Gasteiger partial charge in [0.25, 0.3) is 0 Å². The van der Waals surface area contributed by atoms with Gasteiger partial charge in [0.15, 0.2) is 5.82 Å². The molecule has 1 saturated heterocycles. The lowest BCUT2D eigenvalue weighted by atomic mass is 10.1. The molecule has 1 saturated carbocycles.